The number of likely N-dealkylation sites (tertiary alicyclic amines) is 1. The number of hydrogen-bond donors (Lipinski definition) is 1. The molecule has 2 heterocycles. The summed E-state index contributed by atoms with van der Waals surface area (Å²) >= 11 is 0. The van der Waals surface area contributed by atoms with Gasteiger partial charge in [0.05, 0.1) is 0 Å². The SMILES string of the molecule is CN1CC[C@@H](CNC(=O)C[C@@H]2C=CCC2)[C@@H]1c1cccnc1. The van der Waals surface area contributed by atoms with Gasteiger partial charge in [-0.25, -0.2) is 0 Å². The predicted molar refractivity (Wildman–Crippen MR) is 87.2 cm³/mol. The smallest absolute Gasteiger partial charge is 0.220 e. The van der Waals surface area contributed by atoms with Crippen LogP contribution in [0.2, 0.25) is 0 Å². The Morgan fingerprint density at radius 2 is 2.36 bits per heavy atom. The van der Waals surface area contributed by atoms with Crippen LogP contribution in [0.25, 0.3) is 0 Å². The summed E-state index contributed by atoms with van der Waals surface area (Å²) in [7, 11) is 2.16. The maximum absolute atomic E-state index is 12.1. The predicted octanol–water partition coefficient (Wildman–Crippen LogP) is 2.55. The van der Waals surface area contributed by atoms with Crippen molar-refractivity contribution in [2.24, 2.45) is 11.8 Å². The molecule has 1 N–H and O–H groups in total. The third kappa shape index (κ3) is 3.55. The Balaban J connectivity index is 1.54. The molecule has 1 saturated heterocycles. The molecule has 118 valence electrons. The molecule has 0 unspecified atom stereocenters. The van der Waals surface area contributed by atoms with Crippen molar-refractivity contribution in [3.63, 3.8) is 0 Å². The van der Waals surface area contributed by atoms with Crippen molar-refractivity contribution in [3.8, 4) is 0 Å². The Labute approximate surface area is 132 Å². The third-order valence-corrected chi connectivity index (χ3v) is 4.92. The molecule has 4 nitrogen and oxygen atoms in total. The van der Waals surface area contributed by atoms with E-state index in [0.29, 0.717) is 24.3 Å². The molecule has 22 heavy (non-hydrogen) atoms. The van der Waals surface area contributed by atoms with Gasteiger partial charge in [0.15, 0.2) is 0 Å². The number of amides is 1. The fraction of sp³-hybridized carbons (Fsp3) is 0.556. The van der Waals surface area contributed by atoms with Crippen molar-refractivity contribution in [2.75, 3.05) is 20.1 Å². The van der Waals surface area contributed by atoms with Crippen LogP contribution in [0, 0.1) is 11.8 Å². The second kappa shape index (κ2) is 7.05. The average Bonchev–Trinajstić information content (AvgIpc) is 3.16. The van der Waals surface area contributed by atoms with E-state index in [0.717, 1.165) is 32.4 Å². The third-order valence-electron chi connectivity index (χ3n) is 4.92. The van der Waals surface area contributed by atoms with Gasteiger partial charge in [-0.05, 0) is 56.3 Å². The van der Waals surface area contributed by atoms with Crippen LogP contribution in [0.5, 0.6) is 0 Å². The summed E-state index contributed by atoms with van der Waals surface area (Å²) in [5, 5.41) is 3.15. The Kier molecular flexibility index (Phi) is 4.88. The van der Waals surface area contributed by atoms with Crippen molar-refractivity contribution in [1.29, 1.82) is 0 Å². The monoisotopic (exact) mass is 299 g/mol. The Morgan fingerprint density at radius 1 is 1.45 bits per heavy atom. The van der Waals surface area contributed by atoms with E-state index in [1.807, 2.05) is 18.5 Å². The van der Waals surface area contributed by atoms with E-state index < -0.39 is 0 Å². The topological polar surface area (TPSA) is 45.2 Å². The molecule has 4 heteroatoms. The lowest BCUT2D eigenvalue weighted by Gasteiger charge is -2.25. The Hall–Kier alpha value is -1.68. The number of carbonyl (C=O) groups excluding carboxylic acids is 1. The number of allylic oxidation sites excluding steroid dienone is 2. The number of nitrogens with zero attached hydrogens (tertiary/aromatic N) is 2. The zero-order valence-corrected chi connectivity index (χ0v) is 13.2. The lowest BCUT2D eigenvalue weighted by atomic mass is 9.94. The number of aromatic nitrogens is 1. The summed E-state index contributed by atoms with van der Waals surface area (Å²) in [4.78, 5) is 18.7. The van der Waals surface area contributed by atoms with Crippen LogP contribution in [0.1, 0.15) is 37.3 Å². The van der Waals surface area contributed by atoms with E-state index in [9.17, 15) is 4.79 Å². The van der Waals surface area contributed by atoms with E-state index in [2.05, 4.69) is 40.5 Å². The van der Waals surface area contributed by atoms with Crippen molar-refractivity contribution in [1.82, 2.24) is 15.2 Å². The normalized spacial score (nSPS) is 28.1. The van der Waals surface area contributed by atoms with E-state index >= 15 is 0 Å². The van der Waals surface area contributed by atoms with Crippen LogP contribution in [0.4, 0.5) is 0 Å². The van der Waals surface area contributed by atoms with Crippen molar-refractivity contribution < 1.29 is 4.79 Å². The minimum Gasteiger partial charge on any atom is -0.356 e. The van der Waals surface area contributed by atoms with E-state index in [1.165, 1.54) is 5.56 Å². The molecule has 1 aromatic rings. The van der Waals surface area contributed by atoms with Crippen LogP contribution in [0.3, 0.4) is 0 Å². The van der Waals surface area contributed by atoms with Gasteiger partial charge in [0.1, 0.15) is 0 Å². The van der Waals surface area contributed by atoms with Gasteiger partial charge in [0, 0.05) is 31.4 Å². The average molecular weight is 299 g/mol. The molecular weight excluding hydrogens is 274 g/mol. The number of nitrogens with one attached hydrogen (secondary N) is 1. The molecule has 2 aliphatic rings. The molecule has 0 radical (unpaired) electrons. The molecule has 0 spiro atoms. The molecule has 0 saturated carbocycles. The van der Waals surface area contributed by atoms with Crippen molar-refractivity contribution >= 4 is 5.91 Å². The first kappa shape index (κ1) is 15.2. The van der Waals surface area contributed by atoms with Crippen LogP contribution in [-0.4, -0.2) is 35.9 Å². The highest BCUT2D eigenvalue weighted by atomic mass is 16.1. The second-order valence-electron chi connectivity index (χ2n) is 6.53. The van der Waals surface area contributed by atoms with Gasteiger partial charge in [-0.15, -0.1) is 0 Å². The largest absolute Gasteiger partial charge is 0.356 e. The summed E-state index contributed by atoms with van der Waals surface area (Å²) in [6, 6.07) is 4.49. The maximum atomic E-state index is 12.1. The zero-order chi connectivity index (χ0) is 15.4. The standard InChI is InChI=1S/C18H25N3O/c1-21-10-8-16(18(21)15-7-4-9-19-12-15)13-20-17(22)11-14-5-2-3-6-14/h2,4-5,7,9,12,14,16,18H,3,6,8,10-11,13H2,1H3,(H,20,22)/t14-,16+,18+/m1/s1. The number of pyridine rings is 1. The molecule has 1 aliphatic carbocycles. The summed E-state index contributed by atoms with van der Waals surface area (Å²) in [6.45, 7) is 1.84. The highest BCUT2D eigenvalue weighted by Crippen LogP contribution is 2.35. The van der Waals surface area contributed by atoms with Gasteiger partial charge < -0.3 is 5.32 Å². The molecule has 1 amide bonds. The zero-order valence-electron chi connectivity index (χ0n) is 13.2. The van der Waals surface area contributed by atoms with Gasteiger partial charge in [-0.3, -0.25) is 14.7 Å². The molecule has 0 bridgehead atoms. The van der Waals surface area contributed by atoms with E-state index in [-0.39, 0.29) is 5.91 Å². The van der Waals surface area contributed by atoms with Crippen LogP contribution >= 0.6 is 0 Å². The minimum absolute atomic E-state index is 0.191. The summed E-state index contributed by atoms with van der Waals surface area (Å²) in [6.07, 6.45) is 12.1. The summed E-state index contributed by atoms with van der Waals surface area (Å²) < 4.78 is 0. The van der Waals surface area contributed by atoms with E-state index in [1.54, 1.807) is 0 Å². The number of hydrogen-bond acceptors (Lipinski definition) is 3. The molecule has 1 aliphatic heterocycles. The first-order valence-electron chi connectivity index (χ1n) is 8.27. The maximum Gasteiger partial charge on any atom is 0.220 e. The van der Waals surface area contributed by atoms with E-state index in [4.69, 9.17) is 0 Å². The van der Waals surface area contributed by atoms with Gasteiger partial charge in [0.25, 0.3) is 0 Å². The number of rotatable bonds is 5. The lowest BCUT2D eigenvalue weighted by Crippen LogP contribution is -2.33. The molecule has 0 aromatic carbocycles. The fourth-order valence-corrected chi connectivity index (χ4v) is 3.74. The molecular formula is C18H25N3O. The van der Waals surface area contributed by atoms with Crippen molar-refractivity contribution in [3.05, 3.63) is 42.2 Å². The first-order valence-corrected chi connectivity index (χ1v) is 8.27. The minimum atomic E-state index is 0.191. The highest BCUT2D eigenvalue weighted by Gasteiger charge is 2.33. The van der Waals surface area contributed by atoms with Crippen LogP contribution < -0.4 is 5.32 Å². The van der Waals surface area contributed by atoms with Gasteiger partial charge in [-0.1, -0.05) is 18.2 Å². The number of carbonyl (C=O) groups is 1. The van der Waals surface area contributed by atoms with Crippen molar-refractivity contribution in [2.45, 2.75) is 31.7 Å². The quantitative estimate of drug-likeness (QED) is 0.850. The van der Waals surface area contributed by atoms with Crippen LogP contribution in [0.15, 0.2) is 36.7 Å². The van der Waals surface area contributed by atoms with Gasteiger partial charge >= 0.3 is 0 Å². The second-order valence-corrected chi connectivity index (χ2v) is 6.53. The summed E-state index contributed by atoms with van der Waals surface area (Å²) in [5.41, 5.74) is 1.25. The molecule has 1 fully saturated rings. The Morgan fingerprint density at radius 3 is 3.09 bits per heavy atom. The molecule has 3 rings (SSSR count). The lowest BCUT2D eigenvalue weighted by molar-refractivity contribution is -0.121. The Bertz CT molecular complexity index is 528. The fourth-order valence-electron chi connectivity index (χ4n) is 3.74. The highest BCUT2D eigenvalue weighted by molar-refractivity contribution is 5.76. The van der Waals surface area contributed by atoms with Crippen LogP contribution in [-0.2, 0) is 4.79 Å². The van der Waals surface area contributed by atoms with Gasteiger partial charge in [-0.2, -0.15) is 0 Å². The first-order chi connectivity index (χ1) is 10.7. The summed E-state index contributed by atoms with van der Waals surface area (Å²) in [5.74, 6) is 1.11. The molecule has 1 aromatic heterocycles. The molecule has 3 atom stereocenters. The van der Waals surface area contributed by atoms with Gasteiger partial charge in [0.2, 0.25) is 5.91 Å².